The predicted octanol–water partition coefficient (Wildman–Crippen LogP) is 2.72. The summed E-state index contributed by atoms with van der Waals surface area (Å²) in [5, 5.41) is 18.4. The summed E-state index contributed by atoms with van der Waals surface area (Å²) in [7, 11) is 0. The molecule has 0 unspecified atom stereocenters. The highest BCUT2D eigenvalue weighted by Crippen LogP contribution is 2.38. The van der Waals surface area contributed by atoms with Gasteiger partial charge in [-0.05, 0) is 37.5 Å². The molecule has 0 atom stereocenters. The fraction of sp³-hybridized carbons (Fsp3) is 0.562. The Labute approximate surface area is 133 Å². The molecular weight excluding hydrogens is 309 g/mol. The number of alkyl halides is 3. The number of piperidine rings is 1. The van der Waals surface area contributed by atoms with Crippen molar-refractivity contribution in [2.45, 2.75) is 31.0 Å². The van der Waals surface area contributed by atoms with Crippen LogP contribution in [0.1, 0.15) is 24.8 Å². The molecule has 1 N–H and O–H groups in total. The van der Waals surface area contributed by atoms with Gasteiger partial charge in [-0.2, -0.15) is 18.4 Å². The average molecular weight is 328 g/mol. The summed E-state index contributed by atoms with van der Waals surface area (Å²) in [6.07, 6.45) is -4.47. The molecule has 0 radical (unpaired) electrons. The minimum atomic E-state index is -4.56. The van der Waals surface area contributed by atoms with Crippen molar-refractivity contribution in [3.8, 4) is 11.8 Å². The molecule has 1 aliphatic heterocycles. The second-order valence-corrected chi connectivity index (χ2v) is 5.71. The Kier molecular flexibility index (Phi) is 5.50. The smallest absolute Gasteiger partial charge is 0.417 e. The zero-order valence-corrected chi connectivity index (χ0v) is 12.6. The standard InChI is InChI=1S/C16H19F3N2O2/c17-16(18,19)15(22)5-8-21(9-6-15)7-2-10-23-14-4-1-3-13(11-14)12-20/h1,3-4,11,22H,2,5-10H2. The maximum Gasteiger partial charge on any atom is 0.417 e. The van der Waals surface area contributed by atoms with Gasteiger partial charge in [-0.25, -0.2) is 0 Å². The maximum atomic E-state index is 12.7. The number of aliphatic hydroxyl groups is 1. The highest BCUT2D eigenvalue weighted by atomic mass is 19.4. The normalized spacial score (nSPS) is 18.4. The second-order valence-electron chi connectivity index (χ2n) is 5.71. The van der Waals surface area contributed by atoms with Gasteiger partial charge in [0.15, 0.2) is 5.60 Å². The Hall–Kier alpha value is -1.78. The third-order valence-corrected chi connectivity index (χ3v) is 4.06. The number of nitrogens with zero attached hydrogens (tertiary/aromatic N) is 2. The lowest BCUT2D eigenvalue weighted by molar-refractivity contribution is -0.272. The Morgan fingerprint density at radius 1 is 1.30 bits per heavy atom. The van der Waals surface area contributed by atoms with E-state index < -0.39 is 11.8 Å². The van der Waals surface area contributed by atoms with E-state index in [4.69, 9.17) is 10.00 Å². The first kappa shape index (κ1) is 17.6. The highest BCUT2D eigenvalue weighted by Gasteiger charge is 2.54. The van der Waals surface area contributed by atoms with E-state index in [-0.39, 0.29) is 25.9 Å². The van der Waals surface area contributed by atoms with Gasteiger partial charge in [0.25, 0.3) is 0 Å². The molecule has 1 aromatic rings. The minimum absolute atomic E-state index is 0.222. The van der Waals surface area contributed by atoms with E-state index in [0.29, 0.717) is 30.9 Å². The first-order chi connectivity index (χ1) is 10.8. The monoisotopic (exact) mass is 328 g/mol. The molecular formula is C16H19F3N2O2. The van der Waals surface area contributed by atoms with Crippen molar-refractivity contribution in [1.29, 1.82) is 5.26 Å². The minimum Gasteiger partial charge on any atom is -0.494 e. The number of likely N-dealkylation sites (tertiary alicyclic amines) is 1. The molecule has 0 spiro atoms. The average Bonchev–Trinajstić information content (AvgIpc) is 2.52. The van der Waals surface area contributed by atoms with Crippen LogP contribution in [0.25, 0.3) is 0 Å². The molecule has 0 aliphatic carbocycles. The van der Waals surface area contributed by atoms with E-state index in [2.05, 4.69) is 0 Å². The van der Waals surface area contributed by atoms with Crippen LogP contribution in [0.3, 0.4) is 0 Å². The van der Waals surface area contributed by atoms with Crippen molar-refractivity contribution in [3.63, 3.8) is 0 Å². The third-order valence-electron chi connectivity index (χ3n) is 4.06. The van der Waals surface area contributed by atoms with Gasteiger partial charge < -0.3 is 14.7 Å². The fourth-order valence-corrected chi connectivity index (χ4v) is 2.56. The van der Waals surface area contributed by atoms with Crippen molar-refractivity contribution < 1.29 is 23.0 Å². The van der Waals surface area contributed by atoms with Crippen LogP contribution in [0.4, 0.5) is 13.2 Å². The van der Waals surface area contributed by atoms with E-state index in [0.717, 1.165) is 0 Å². The van der Waals surface area contributed by atoms with Gasteiger partial charge in [-0.15, -0.1) is 0 Å². The van der Waals surface area contributed by atoms with Crippen molar-refractivity contribution in [2.75, 3.05) is 26.2 Å². The summed E-state index contributed by atoms with van der Waals surface area (Å²) in [5.74, 6) is 0.606. The van der Waals surface area contributed by atoms with Crippen LogP contribution >= 0.6 is 0 Å². The molecule has 1 saturated heterocycles. The predicted molar refractivity (Wildman–Crippen MR) is 77.9 cm³/mol. The Morgan fingerprint density at radius 3 is 2.61 bits per heavy atom. The van der Waals surface area contributed by atoms with Gasteiger partial charge in [-0.3, -0.25) is 0 Å². The van der Waals surface area contributed by atoms with Gasteiger partial charge >= 0.3 is 6.18 Å². The third kappa shape index (κ3) is 4.60. The molecule has 4 nitrogen and oxygen atoms in total. The topological polar surface area (TPSA) is 56.5 Å². The van der Waals surface area contributed by atoms with Gasteiger partial charge in [0.05, 0.1) is 18.2 Å². The molecule has 1 aromatic carbocycles. The van der Waals surface area contributed by atoms with Crippen LogP contribution in [-0.2, 0) is 0 Å². The van der Waals surface area contributed by atoms with Gasteiger partial charge in [-0.1, -0.05) is 6.07 Å². The summed E-state index contributed by atoms with van der Waals surface area (Å²) in [6, 6.07) is 8.84. The van der Waals surface area contributed by atoms with E-state index in [1.165, 1.54) is 0 Å². The van der Waals surface area contributed by atoms with Gasteiger partial charge in [0.1, 0.15) is 5.75 Å². The first-order valence-electron chi connectivity index (χ1n) is 7.48. The van der Waals surface area contributed by atoms with Crippen LogP contribution in [0, 0.1) is 11.3 Å². The molecule has 7 heteroatoms. The van der Waals surface area contributed by atoms with Crippen molar-refractivity contribution >= 4 is 0 Å². The molecule has 0 saturated carbocycles. The quantitative estimate of drug-likeness (QED) is 0.845. The number of halogens is 3. The molecule has 1 fully saturated rings. The van der Waals surface area contributed by atoms with E-state index in [9.17, 15) is 18.3 Å². The number of hydrogen-bond donors (Lipinski definition) is 1. The van der Waals surface area contributed by atoms with Crippen molar-refractivity contribution in [1.82, 2.24) is 4.90 Å². The van der Waals surface area contributed by atoms with Crippen molar-refractivity contribution in [3.05, 3.63) is 29.8 Å². The first-order valence-corrected chi connectivity index (χ1v) is 7.48. The fourth-order valence-electron chi connectivity index (χ4n) is 2.56. The lowest BCUT2D eigenvalue weighted by Crippen LogP contribution is -2.53. The van der Waals surface area contributed by atoms with Gasteiger partial charge in [0.2, 0.25) is 0 Å². The Balaban J connectivity index is 1.69. The molecule has 0 aromatic heterocycles. The van der Waals surface area contributed by atoms with Gasteiger partial charge in [0, 0.05) is 19.6 Å². The largest absolute Gasteiger partial charge is 0.494 e. The summed E-state index contributed by atoms with van der Waals surface area (Å²) < 4.78 is 43.6. The Morgan fingerprint density at radius 2 is 2.00 bits per heavy atom. The molecule has 1 aliphatic rings. The molecule has 1 heterocycles. The zero-order valence-electron chi connectivity index (χ0n) is 12.6. The summed E-state index contributed by atoms with van der Waals surface area (Å²) in [6.45, 7) is 1.49. The maximum absolute atomic E-state index is 12.7. The Bertz CT molecular complexity index is 561. The van der Waals surface area contributed by atoms with E-state index >= 15 is 0 Å². The SMILES string of the molecule is N#Cc1cccc(OCCCN2CCC(O)(C(F)(F)F)CC2)c1. The summed E-state index contributed by atoms with van der Waals surface area (Å²) in [4.78, 5) is 1.90. The summed E-state index contributed by atoms with van der Waals surface area (Å²) in [5.41, 5.74) is -2.03. The molecule has 0 amide bonds. The number of benzene rings is 1. The number of ether oxygens (including phenoxy) is 1. The number of nitriles is 1. The number of hydrogen-bond acceptors (Lipinski definition) is 4. The van der Waals surface area contributed by atoms with Crippen LogP contribution in [0.15, 0.2) is 24.3 Å². The van der Waals surface area contributed by atoms with Crippen molar-refractivity contribution in [2.24, 2.45) is 0 Å². The lowest BCUT2D eigenvalue weighted by atomic mass is 9.91. The molecule has 0 bridgehead atoms. The molecule has 126 valence electrons. The van der Waals surface area contributed by atoms with Crippen LogP contribution in [0.5, 0.6) is 5.75 Å². The molecule has 23 heavy (non-hydrogen) atoms. The van der Waals surface area contributed by atoms with Crippen LogP contribution in [0.2, 0.25) is 0 Å². The van der Waals surface area contributed by atoms with Crippen LogP contribution < -0.4 is 4.74 Å². The zero-order chi connectivity index (χ0) is 16.9. The second kappa shape index (κ2) is 7.20. The summed E-state index contributed by atoms with van der Waals surface area (Å²) >= 11 is 0. The lowest BCUT2D eigenvalue weighted by Gasteiger charge is -2.39. The number of rotatable bonds is 5. The van der Waals surface area contributed by atoms with Crippen LogP contribution in [-0.4, -0.2) is 48.0 Å². The highest BCUT2D eigenvalue weighted by molar-refractivity contribution is 5.36. The van der Waals surface area contributed by atoms with E-state index in [1.54, 1.807) is 24.3 Å². The van der Waals surface area contributed by atoms with E-state index in [1.807, 2.05) is 11.0 Å². The molecule has 2 rings (SSSR count).